The van der Waals surface area contributed by atoms with Crippen LogP contribution in [0.1, 0.15) is 25.3 Å². The molecule has 0 bridgehead atoms. The smallest absolute Gasteiger partial charge is 0.303 e. The molecule has 1 aromatic heterocycles. The lowest BCUT2D eigenvalue weighted by atomic mass is 10.1. The summed E-state index contributed by atoms with van der Waals surface area (Å²) in [4.78, 5) is 14.5. The third-order valence-corrected chi connectivity index (χ3v) is 2.45. The summed E-state index contributed by atoms with van der Waals surface area (Å²) < 4.78 is 4.96. The van der Waals surface area contributed by atoms with Crippen LogP contribution in [-0.2, 0) is 11.3 Å². The zero-order valence-electron chi connectivity index (χ0n) is 10.1. The second-order valence-electron chi connectivity index (χ2n) is 3.92. The molecule has 5 nitrogen and oxygen atoms in total. The van der Waals surface area contributed by atoms with Crippen molar-refractivity contribution >= 4 is 5.97 Å². The van der Waals surface area contributed by atoms with Gasteiger partial charge in [0.25, 0.3) is 0 Å². The summed E-state index contributed by atoms with van der Waals surface area (Å²) in [6.07, 6.45) is 2.56. The third kappa shape index (κ3) is 5.31. The van der Waals surface area contributed by atoms with Crippen molar-refractivity contribution in [1.82, 2.24) is 10.3 Å². The molecule has 0 saturated heterocycles. The number of hydrogen-bond acceptors (Lipinski definition) is 4. The maximum absolute atomic E-state index is 10.4. The molecule has 1 heterocycles. The van der Waals surface area contributed by atoms with Gasteiger partial charge in [0.05, 0.1) is 7.11 Å². The van der Waals surface area contributed by atoms with E-state index in [9.17, 15) is 4.79 Å². The Morgan fingerprint density at radius 3 is 2.88 bits per heavy atom. The molecule has 0 aliphatic heterocycles. The molecule has 0 saturated carbocycles. The van der Waals surface area contributed by atoms with Gasteiger partial charge in [0.2, 0.25) is 5.88 Å². The molecule has 0 aromatic carbocycles. The first-order valence-corrected chi connectivity index (χ1v) is 5.56. The van der Waals surface area contributed by atoms with Crippen molar-refractivity contribution in [2.24, 2.45) is 0 Å². The molecule has 0 spiro atoms. The van der Waals surface area contributed by atoms with Gasteiger partial charge in [-0.1, -0.05) is 6.07 Å². The normalized spacial score (nSPS) is 12.1. The molecule has 17 heavy (non-hydrogen) atoms. The number of ether oxygens (including phenoxy) is 1. The summed E-state index contributed by atoms with van der Waals surface area (Å²) >= 11 is 0. The molecule has 0 fully saturated rings. The third-order valence-electron chi connectivity index (χ3n) is 2.45. The number of nitrogens with zero attached hydrogens (tertiary/aromatic N) is 1. The summed E-state index contributed by atoms with van der Waals surface area (Å²) in [7, 11) is 1.58. The Morgan fingerprint density at radius 1 is 1.59 bits per heavy atom. The van der Waals surface area contributed by atoms with Crippen molar-refractivity contribution in [3.8, 4) is 5.88 Å². The van der Waals surface area contributed by atoms with Gasteiger partial charge in [0.1, 0.15) is 0 Å². The number of hydrogen-bond donors (Lipinski definition) is 2. The Labute approximate surface area is 101 Å². The molecule has 0 aliphatic carbocycles. The molecule has 0 radical (unpaired) electrons. The van der Waals surface area contributed by atoms with Gasteiger partial charge in [-0.2, -0.15) is 0 Å². The quantitative estimate of drug-likeness (QED) is 0.752. The maximum Gasteiger partial charge on any atom is 0.303 e. The van der Waals surface area contributed by atoms with Crippen LogP contribution in [0.15, 0.2) is 18.3 Å². The predicted octanol–water partition coefficient (Wildman–Crippen LogP) is 1.43. The average molecular weight is 238 g/mol. The van der Waals surface area contributed by atoms with Crippen LogP contribution in [0.5, 0.6) is 5.88 Å². The first-order chi connectivity index (χ1) is 8.11. The molecule has 1 atom stereocenters. The van der Waals surface area contributed by atoms with Gasteiger partial charge in [-0.3, -0.25) is 4.79 Å². The number of aromatic nitrogens is 1. The summed E-state index contributed by atoms with van der Waals surface area (Å²) in [5, 5.41) is 11.8. The Morgan fingerprint density at radius 2 is 2.35 bits per heavy atom. The van der Waals surface area contributed by atoms with E-state index < -0.39 is 5.97 Å². The Bertz CT molecular complexity index is 351. The van der Waals surface area contributed by atoms with Crippen molar-refractivity contribution in [2.75, 3.05) is 7.11 Å². The van der Waals surface area contributed by atoms with E-state index in [0.717, 1.165) is 5.56 Å². The molecule has 0 aliphatic rings. The van der Waals surface area contributed by atoms with Gasteiger partial charge < -0.3 is 15.2 Å². The highest BCUT2D eigenvalue weighted by atomic mass is 16.5. The summed E-state index contributed by atoms with van der Waals surface area (Å²) in [5.41, 5.74) is 1.05. The van der Waals surface area contributed by atoms with Crippen LogP contribution >= 0.6 is 0 Å². The van der Waals surface area contributed by atoms with Gasteiger partial charge in [-0.05, 0) is 18.9 Å². The Kier molecular flexibility index (Phi) is 5.42. The van der Waals surface area contributed by atoms with E-state index in [1.807, 2.05) is 13.0 Å². The van der Waals surface area contributed by atoms with Crippen molar-refractivity contribution in [3.05, 3.63) is 23.9 Å². The minimum atomic E-state index is -0.759. The van der Waals surface area contributed by atoms with Crippen LogP contribution in [0.4, 0.5) is 0 Å². The second kappa shape index (κ2) is 6.85. The fraction of sp³-hybridized carbons (Fsp3) is 0.500. The fourth-order valence-electron chi connectivity index (χ4n) is 1.37. The molecular weight excluding hydrogens is 220 g/mol. The van der Waals surface area contributed by atoms with Crippen LogP contribution in [0.3, 0.4) is 0 Å². The SMILES string of the molecule is COc1ccc(CNC(C)CCC(=O)O)cn1. The summed E-state index contributed by atoms with van der Waals surface area (Å²) in [6.45, 7) is 2.65. The molecule has 1 unspecified atom stereocenters. The van der Waals surface area contributed by atoms with E-state index in [1.54, 1.807) is 19.4 Å². The monoisotopic (exact) mass is 238 g/mol. The van der Waals surface area contributed by atoms with E-state index in [1.165, 1.54) is 0 Å². The number of nitrogens with one attached hydrogen (secondary N) is 1. The number of aliphatic carboxylic acids is 1. The van der Waals surface area contributed by atoms with E-state index in [4.69, 9.17) is 9.84 Å². The van der Waals surface area contributed by atoms with Crippen molar-refractivity contribution < 1.29 is 14.6 Å². The number of carbonyl (C=O) groups is 1. The van der Waals surface area contributed by atoms with Crippen molar-refractivity contribution in [1.29, 1.82) is 0 Å². The standard InChI is InChI=1S/C12H18N2O3/c1-9(3-6-12(15)16)13-7-10-4-5-11(17-2)14-8-10/h4-5,8-9,13H,3,6-7H2,1-2H3,(H,15,16). The van der Waals surface area contributed by atoms with Crippen LogP contribution in [0, 0.1) is 0 Å². The molecule has 1 aromatic rings. The maximum atomic E-state index is 10.4. The van der Waals surface area contributed by atoms with Gasteiger partial charge in [0.15, 0.2) is 0 Å². The lowest BCUT2D eigenvalue weighted by Gasteiger charge is -2.12. The number of pyridine rings is 1. The number of rotatable bonds is 7. The average Bonchev–Trinajstić information content (AvgIpc) is 2.34. The van der Waals surface area contributed by atoms with E-state index >= 15 is 0 Å². The van der Waals surface area contributed by atoms with Crippen LogP contribution in [-0.4, -0.2) is 29.2 Å². The van der Waals surface area contributed by atoms with Gasteiger partial charge in [-0.25, -0.2) is 4.98 Å². The minimum absolute atomic E-state index is 0.174. The largest absolute Gasteiger partial charge is 0.481 e. The minimum Gasteiger partial charge on any atom is -0.481 e. The van der Waals surface area contributed by atoms with Crippen LogP contribution in [0.25, 0.3) is 0 Å². The predicted molar refractivity (Wildman–Crippen MR) is 64.0 cm³/mol. The lowest BCUT2D eigenvalue weighted by molar-refractivity contribution is -0.137. The van der Waals surface area contributed by atoms with Gasteiger partial charge in [-0.15, -0.1) is 0 Å². The highest BCUT2D eigenvalue weighted by Gasteiger charge is 2.05. The number of carboxylic acid groups (broad SMARTS) is 1. The zero-order valence-corrected chi connectivity index (χ0v) is 10.1. The zero-order chi connectivity index (χ0) is 12.7. The number of carboxylic acids is 1. The Balaban J connectivity index is 2.31. The second-order valence-corrected chi connectivity index (χ2v) is 3.92. The van der Waals surface area contributed by atoms with Crippen LogP contribution < -0.4 is 10.1 Å². The van der Waals surface area contributed by atoms with Crippen LogP contribution in [0.2, 0.25) is 0 Å². The highest BCUT2D eigenvalue weighted by Crippen LogP contribution is 2.07. The summed E-state index contributed by atoms with van der Waals surface area (Å²) in [6, 6.07) is 3.91. The molecular formula is C12H18N2O3. The van der Waals surface area contributed by atoms with E-state index in [2.05, 4.69) is 10.3 Å². The molecule has 0 amide bonds. The fourth-order valence-corrected chi connectivity index (χ4v) is 1.37. The van der Waals surface area contributed by atoms with Gasteiger partial charge in [0, 0.05) is 31.3 Å². The van der Waals surface area contributed by atoms with E-state index in [-0.39, 0.29) is 12.5 Å². The van der Waals surface area contributed by atoms with Crippen molar-refractivity contribution in [3.63, 3.8) is 0 Å². The number of methoxy groups -OCH3 is 1. The molecule has 1 rings (SSSR count). The molecule has 5 heteroatoms. The lowest BCUT2D eigenvalue weighted by Crippen LogP contribution is -2.26. The highest BCUT2D eigenvalue weighted by molar-refractivity contribution is 5.66. The first kappa shape index (κ1) is 13.4. The first-order valence-electron chi connectivity index (χ1n) is 5.56. The Hall–Kier alpha value is -1.62. The van der Waals surface area contributed by atoms with Crippen molar-refractivity contribution in [2.45, 2.75) is 32.4 Å². The van der Waals surface area contributed by atoms with E-state index in [0.29, 0.717) is 18.8 Å². The topological polar surface area (TPSA) is 71.5 Å². The molecule has 2 N–H and O–H groups in total. The molecule has 94 valence electrons. The summed E-state index contributed by atoms with van der Waals surface area (Å²) in [5.74, 6) is -0.169. The van der Waals surface area contributed by atoms with Gasteiger partial charge >= 0.3 is 5.97 Å².